The zero-order valence-electron chi connectivity index (χ0n) is 23.5. The number of carbonyl (C=O) groups is 1. The van der Waals surface area contributed by atoms with Crippen molar-refractivity contribution < 1.29 is 30.3 Å². The molecule has 5 N–H and O–H groups in total. The predicted molar refractivity (Wildman–Crippen MR) is 139 cm³/mol. The number of rotatable bonds is 6. The molecule has 36 heavy (non-hydrogen) atoms. The summed E-state index contributed by atoms with van der Waals surface area (Å²) in [6, 6.07) is 0. The highest BCUT2D eigenvalue weighted by molar-refractivity contribution is 5.91. The van der Waals surface area contributed by atoms with Gasteiger partial charge in [0.05, 0.1) is 23.9 Å². The summed E-state index contributed by atoms with van der Waals surface area (Å²) in [6.07, 6.45) is 2.96. The van der Waals surface area contributed by atoms with Gasteiger partial charge in [0.2, 0.25) is 0 Å². The van der Waals surface area contributed by atoms with E-state index in [9.17, 15) is 30.3 Å². The maximum absolute atomic E-state index is 14.2. The van der Waals surface area contributed by atoms with Crippen LogP contribution in [0.25, 0.3) is 0 Å². The normalized spacial score (nSPS) is 44.1. The molecule has 0 saturated heterocycles. The van der Waals surface area contributed by atoms with Gasteiger partial charge in [-0.1, -0.05) is 45.8 Å². The lowest BCUT2D eigenvalue weighted by Crippen LogP contribution is -2.60. The Kier molecular flexibility index (Phi) is 6.96. The Morgan fingerprint density at radius 3 is 2.25 bits per heavy atom. The largest absolute Gasteiger partial charge is 0.396 e. The summed E-state index contributed by atoms with van der Waals surface area (Å²) in [7, 11) is 0. The first-order valence-corrected chi connectivity index (χ1v) is 14.1. The Morgan fingerprint density at radius 1 is 1.03 bits per heavy atom. The van der Waals surface area contributed by atoms with Crippen molar-refractivity contribution in [3.8, 4) is 0 Å². The second-order valence-electron chi connectivity index (χ2n) is 14.5. The van der Waals surface area contributed by atoms with Gasteiger partial charge in [-0.2, -0.15) is 0 Å². The average molecular weight is 507 g/mol. The van der Waals surface area contributed by atoms with Crippen LogP contribution in [0.2, 0.25) is 0 Å². The van der Waals surface area contributed by atoms with Gasteiger partial charge in [-0.3, -0.25) is 4.79 Å². The molecule has 0 amide bonds. The molecule has 9 atom stereocenters. The second kappa shape index (κ2) is 8.87. The monoisotopic (exact) mass is 506 g/mol. The van der Waals surface area contributed by atoms with Crippen LogP contribution in [0.15, 0.2) is 11.1 Å². The molecule has 0 heterocycles. The van der Waals surface area contributed by atoms with Gasteiger partial charge in [0.1, 0.15) is 5.78 Å². The lowest BCUT2D eigenvalue weighted by atomic mass is 9.42. The van der Waals surface area contributed by atoms with Crippen molar-refractivity contribution in [2.24, 2.45) is 39.4 Å². The van der Waals surface area contributed by atoms with E-state index in [2.05, 4.69) is 34.6 Å². The van der Waals surface area contributed by atoms with E-state index in [0.717, 1.165) is 25.7 Å². The Morgan fingerprint density at radius 2 is 1.67 bits per heavy atom. The molecule has 4 aliphatic rings. The minimum Gasteiger partial charge on any atom is -0.396 e. The van der Waals surface area contributed by atoms with E-state index in [1.54, 1.807) is 13.8 Å². The second-order valence-corrected chi connectivity index (χ2v) is 14.5. The molecule has 1 unspecified atom stereocenters. The minimum atomic E-state index is -1.20. The first-order chi connectivity index (χ1) is 16.5. The maximum Gasteiger partial charge on any atom is 0.143 e. The van der Waals surface area contributed by atoms with Crippen molar-refractivity contribution in [3.63, 3.8) is 0 Å². The first-order valence-electron chi connectivity index (χ1n) is 14.1. The molecule has 0 aromatic carbocycles. The summed E-state index contributed by atoms with van der Waals surface area (Å²) in [4.78, 5) is 14.2. The summed E-state index contributed by atoms with van der Waals surface area (Å²) < 4.78 is 0. The zero-order valence-corrected chi connectivity index (χ0v) is 23.5. The van der Waals surface area contributed by atoms with Crippen molar-refractivity contribution in [1.82, 2.24) is 0 Å². The Balaban J connectivity index is 1.70. The number of Topliss-reactive ketones (excluding diaryl/α,β-unsaturated/α-hetero) is 1. The van der Waals surface area contributed by atoms with E-state index >= 15 is 0 Å². The van der Waals surface area contributed by atoms with Gasteiger partial charge in [-0.15, -0.1) is 0 Å². The van der Waals surface area contributed by atoms with Gasteiger partial charge in [0, 0.05) is 23.9 Å². The lowest BCUT2D eigenvalue weighted by Gasteiger charge is -2.62. The molecule has 6 nitrogen and oxygen atoms in total. The SMILES string of the molecule is CC(C)(O)[C@H](O)CC[C@@H](CO)[C@H]1CC[C@@]2(C)C3=C(CC(=O)[C@]12C)[C@@]1(C)C[C@@H](O)[C@H](O)C(C)(C)C1CC3. The highest BCUT2D eigenvalue weighted by Gasteiger charge is 2.67. The van der Waals surface area contributed by atoms with Crippen molar-refractivity contribution in [3.05, 3.63) is 11.1 Å². The first kappa shape index (κ1) is 28.2. The van der Waals surface area contributed by atoms with Gasteiger partial charge in [0.15, 0.2) is 0 Å². The van der Waals surface area contributed by atoms with Gasteiger partial charge in [-0.25, -0.2) is 0 Å². The smallest absolute Gasteiger partial charge is 0.143 e. The third kappa shape index (κ3) is 3.80. The molecule has 0 aromatic heterocycles. The standard InChI is InChI=1S/C30H50O6/c1-26(2)22-10-9-19-20(28(22,5)15-21(32)25(26)35)14-24(34)30(7)18(12-13-29(19,30)6)17(16-31)8-11-23(33)27(3,4)36/h17-18,21-23,25,31-33,35-36H,8-16H2,1-7H3/t17-,18+,21+,22?,23+,25-,28+,29-,30-/m0/s1. The van der Waals surface area contributed by atoms with Crippen LogP contribution in [0.4, 0.5) is 0 Å². The molecule has 4 aliphatic carbocycles. The number of hydrogen-bond donors (Lipinski definition) is 5. The van der Waals surface area contributed by atoms with Crippen molar-refractivity contribution in [2.75, 3.05) is 6.61 Å². The average Bonchev–Trinajstić information content (AvgIpc) is 3.06. The van der Waals surface area contributed by atoms with E-state index in [0.29, 0.717) is 25.7 Å². The molecule has 0 spiro atoms. The number of aliphatic hydroxyl groups is 5. The zero-order chi connectivity index (χ0) is 27.1. The number of fused-ring (bicyclic) bond motifs is 4. The fraction of sp³-hybridized carbons (Fsp3) is 0.900. The van der Waals surface area contributed by atoms with Gasteiger partial charge in [0.25, 0.3) is 0 Å². The van der Waals surface area contributed by atoms with Crippen LogP contribution in [0.1, 0.15) is 99.8 Å². The Bertz CT molecular complexity index is 917. The summed E-state index contributed by atoms with van der Waals surface area (Å²) >= 11 is 0. The summed E-state index contributed by atoms with van der Waals surface area (Å²) in [5.41, 5.74) is -0.249. The molecule has 0 radical (unpaired) electrons. The maximum atomic E-state index is 14.2. The van der Waals surface area contributed by atoms with Gasteiger partial charge in [-0.05, 0) is 87.4 Å². The summed E-state index contributed by atoms with van der Waals surface area (Å²) in [5.74, 6) is 0.336. The van der Waals surface area contributed by atoms with Crippen molar-refractivity contribution in [1.29, 1.82) is 0 Å². The summed E-state index contributed by atoms with van der Waals surface area (Å²) in [5, 5.41) is 52.7. The fourth-order valence-electron chi connectivity index (χ4n) is 9.51. The number of ketones is 1. The highest BCUT2D eigenvalue weighted by Crippen LogP contribution is 2.71. The molecule has 0 aliphatic heterocycles. The number of hydrogen-bond acceptors (Lipinski definition) is 6. The van der Waals surface area contributed by atoms with E-state index in [1.165, 1.54) is 11.1 Å². The topological polar surface area (TPSA) is 118 Å². The van der Waals surface area contributed by atoms with E-state index < -0.39 is 34.7 Å². The van der Waals surface area contributed by atoms with Crippen molar-refractivity contribution >= 4 is 5.78 Å². The van der Waals surface area contributed by atoms with Crippen LogP contribution in [-0.2, 0) is 4.79 Å². The van der Waals surface area contributed by atoms with E-state index in [4.69, 9.17) is 0 Å². The predicted octanol–water partition coefficient (Wildman–Crippen LogP) is 3.77. The van der Waals surface area contributed by atoms with Crippen LogP contribution >= 0.6 is 0 Å². The molecular weight excluding hydrogens is 456 g/mol. The van der Waals surface area contributed by atoms with Gasteiger partial charge < -0.3 is 25.5 Å². The fourth-order valence-corrected chi connectivity index (χ4v) is 9.51. The van der Waals surface area contributed by atoms with Crippen LogP contribution in [-0.4, -0.2) is 61.8 Å². The molecular formula is C30H50O6. The van der Waals surface area contributed by atoms with Crippen LogP contribution in [0.3, 0.4) is 0 Å². The molecule has 2 fully saturated rings. The molecule has 4 rings (SSSR count). The third-order valence-electron chi connectivity index (χ3n) is 12.0. The van der Waals surface area contributed by atoms with Gasteiger partial charge >= 0.3 is 0 Å². The Hall–Kier alpha value is -0.790. The molecule has 0 aromatic rings. The van der Waals surface area contributed by atoms with Crippen LogP contribution in [0.5, 0.6) is 0 Å². The molecule has 2 saturated carbocycles. The van der Waals surface area contributed by atoms with E-state index in [1.807, 2.05) is 0 Å². The number of aliphatic hydroxyl groups excluding tert-OH is 4. The molecule has 0 bridgehead atoms. The third-order valence-corrected chi connectivity index (χ3v) is 12.0. The summed E-state index contributed by atoms with van der Waals surface area (Å²) in [6.45, 7) is 13.9. The number of carbonyl (C=O) groups excluding carboxylic acids is 1. The Labute approximate surface area is 217 Å². The molecule has 206 valence electrons. The van der Waals surface area contributed by atoms with Crippen molar-refractivity contribution in [2.45, 2.75) is 124 Å². The molecule has 6 heteroatoms. The number of allylic oxidation sites excluding steroid dienone is 2. The van der Waals surface area contributed by atoms with Crippen LogP contribution < -0.4 is 0 Å². The van der Waals surface area contributed by atoms with Crippen LogP contribution in [0, 0.1) is 39.4 Å². The minimum absolute atomic E-state index is 0.0174. The van der Waals surface area contributed by atoms with E-state index in [-0.39, 0.29) is 41.0 Å². The highest BCUT2D eigenvalue weighted by atomic mass is 16.3. The quantitative estimate of drug-likeness (QED) is 0.350. The lowest BCUT2D eigenvalue weighted by molar-refractivity contribution is -0.161.